The zero-order valence-corrected chi connectivity index (χ0v) is 19.8. The minimum absolute atomic E-state index is 0.0590. The molecule has 34 heavy (non-hydrogen) atoms. The quantitative estimate of drug-likeness (QED) is 0.221. The Morgan fingerprint density at radius 1 is 1.00 bits per heavy atom. The molecule has 0 bridgehead atoms. The van der Waals surface area contributed by atoms with Gasteiger partial charge in [0.1, 0.15) is 17.6 Å². The van der Waals surface area contributed by atoms with Crippen LogP contribution in [0.1, 0.15) is 27.6 Å². The predicted octanol–water partition coefficient (Wildman–Crippen LogP) is 6.15. The average Bonchev–Trinajstić information content (AvgIpc) is 3.45. The van der Waals surface area contributed by atoms with Gasteiger partial charge in [0.15, 0.2) is 0 Å². The third-order valence-electron chi connectivity index (χ3n) is 6.16. The number of nitrogens with zero attached hydrogens (tertiary/aromatic N) is 1. The first kappa shape index (κ1) is 21.9. The predicted molar refractivity (Wildman–Crippen MR) is 136 cm³/mol. The van der Waals surface area contributed by atoms with Gasteiger partial charge in [-0.05, 0) is 53.9 Å². The van der Waals surface area contributed by atoms with Gasteiger partial charge in [-0.3, -0.25) is 14.5 Å². The number of amides is 1. The third kappa shape index (κ3) is 3.38. The van der Waals surface area contributed by atoms with E-state index in [1.54, 1.807) is 6.07 Å². The van der Waals surface area contributed by atoms with Gasteiger partial charge < -0.3 is 9.84 Å². The number of ketones is 1. The van der Waals surface area contributed by atoms with Gasteiger partial charge in [-0.2, -0.15) is 0 Å². The second kappa shape index (κ2) is 8.47. The van der Waals surface area contributed by atoms with Crippen molar-refractivity contribution in [3.8, 4) is 5.75 Å². The molecule has 170 valence electrons. The van der Waals surface area contributed by atoms with E-state index in [-0.39, 0.29) is 11.3 Å². The minimum atomic E-state index is -0.753. The summed E-state index contributed by atoms with van der Waals surface area (Å²) in [5, 5.41) is 15.2. The van der Waals surface area contributed by atoms with Crippen LogP contribution in [-0.2, 0) is 9.59 Å². The molecular weight excluding hydrogens is 446 g/mol. The van der Waals surface area contributed by atoms with Gasteiger partial charge in [-0.15, -0.1) is 11.3 Å². The van der Waals surface area contributed by atoms with Crippen molar-refractivity contribution >= 4 is 45.2 Å². The molecule has 1 atom stereocenters. The molecule has 1 fully saturated rings. The topological polar surface area (TPSA) is 66.8 Å². The van der Waals surface area contributed by atoms with Crippen molar-refractivity contribution < 1.29 is 19.4 Å². The van der Waals surface area contributed by atoms with Crippen LogP contribution in [0.2, 0.25) is 0 Å². The molecule has 0 aliphatic carbocycles. The molecule has 1 aliphatic heterocycles. The van der Waals surface area contributed by atoms with Gasteiger partial charge in [-0.1, -0.05) is 48.5 Å². The van der Waals surface area contributed by atoms with E-state index >= 15 is 0 Å². The Hall–Kier alpha value is -3.90. The van der Waals surface area contributed by atoms with Crippen molar-refractivity contribution in [1.82, 2.24) is 0 Å². The van der Waals surface area contributed by atoms with Crippen molar-refractivity contribution in [1.29, 1.82) is 0 Å². The maximum atomic E-state index is 13.5. The number of anilines is 1. The number of aliphatic hydroxyl groups excluding tert-OH is 1. The number of benzene rings is 3. The summed E-state index contributed by atoms with van der Waals surface area (Å²) in [6, 6.07) is 20.1. The van der Waals surface area contributed by atoms with E-state index in [1.165, 1.54) is 23.3 Å². The molecule has 1 aromatic heterocycles. The van der Waals surface area contributed by atoms with Gasteiger partial charge in [0.2, 0.25) is 0 Å². The standard InChI is InChI=1S/C28H23NO4S/c1-16-14-17(2)27(33-3)20(15-16)25(30)23-24(22-12-7-13-34-22)29(28(32)26(23)31)21-11-6-9-18-8-4-5-10-19(18)21/h4-15,24,30H,1-3H3/b25-23-. The number of aliphatic hydroxyl groups is 1. The molecule has 1 aliphatic rings. The Bertz CT molecular complexity index is 1460. The Morgan fingerprint density at radius 3 is 2.50 bits per heavy atom. The summed E-state index contributed by atoms with van der Waals surface area (Å²) in [5.74, 6) is -1.14. The highest BCUT2D eigenvalue weighted by molar-refractivity contribution is 7.10. The molecular formula is C28H23NO4S. The lowest BCUT2D eigenvalue weighted by molar-refractivity contribution is -0.132. The monoisotopic (exact) mass is 469 g/mol. The maximum Gasteiger partial charge on any atom is 0.300 e. The van der Waals surface area contributed by atoms with Crippen LogP contribution in [0.25, 0.3) is 16.5 Å². The number of thiophene rings is 1. The van der Waals surface area contributed by atoms with Crippen LogP contribution in [-0.4, -0.2) is 23.9 Å². The van der Waals surface area contributed by atoms with E-state index in [0.29, 0.717) is 17.0 Å². The van der Waals surface area contributed by atoms with Crippen LogP contribution in [0.4, 0.5) is 5.69 Å². The first-order valence-electron chi connectivity index (χ1n) is 10.9. The van der Waals surface area contributed by atoms with Crippen LogP contribution in [0.5, 0.6) is 5.75 Å². The number of carbonyl (C=O) groups is 2. The first-order chi connectivity index (χ1) is 16.4. The average molecular weight is 470 g/mol. The fourth-order valence-corrected chi connectivity index (χ4v) is 5.59. The summed E-state index contributed by atoms with van der Waals surface area (Å²) < 4.78 is 5.57. The molecule has 1 N–H and O–H groups in total. The lowest BCUT2D eigenvalue weighted by Crippen LogP contribution is -2.29. The van der Waals surface area contributed by atoms with E-state index in [9.17, 15) is 14.7 Å². The van der Waals surface area contributed by atoms with Crippen LogP contribution in [0.15, 0.2) is 77.7 Å². The van der Waals surface area contributed by atoms with Crippen molar-refractivity contribution in [3.05, 3.63) is 99.3 Å². The second-order valence-electron chi connectivity index (χ2n) is 8.35. The van der Waals surface area contributed by atoms with Gasteiger partial charge in [0.05, 0.1) is 23.9 Å². The molecule has 0 radical (unpaired) electrons. The number of carbonyl (C=O) groups excluding carboxylic acids is 2. The highest BCUT2D eigenvalue weighted by atomic mass is 32.1. The summed E-state index contributed by atoms with van der Waals surface area (Å²) in [7, 11) is 1.53. The summed E-state index contributed by atoms with van der Waals surface area (Å²) in [4.78, 5) is 29.3. The number of hydrogen-bond acceptors (Lipinski definition) is 5. The molecule has 1 saturated heterocycles. The molecule has 4 aromatic rings. The summed E-state index contributed by atoms with van der Waals surface area (Å²) >= 11 is 1.44. The normalized spacial score (nSPS) is 17.5. The molecule has 6 heteroatoms. The molecule has 3 aromatic carbocycles. The Morgan fingerprint density at radius 2 is 1.76 bits per heavy atom. The van der Waals surface area contributed by atoms with Crippen molar-refractivity contribution in [2.75, 3.05) is 12.0 Å². The highest BCUT2D eigenvalue weighted by Gasteiger charge is 2.48. The molecule has 0 spiro atoms. The van der Waals surface area contributed by atoms with Gasteiger partial charge in [0, 0.05) is 10.3 Å². The summed E-state index contributed by atoms with van der Waals surface area (Å²) in [6.45, 7) is 3.79. The molecule has 2 heterocycles. The van der Waals surface area contributed by atoms with Crippen LogP contribution < -0.4 is 9.64 Å². The molecule has 0 saturated carbocycles. The SMILES string of the molecule is COc1c(C)cc(C)cc1/C(O)=C1/C(=O)C(=O)N(c2cccc3ccccc23)C1c1cccs1. The molecule has 1 amide bonds. The minimum Gasteiger partial charge on any atom is -0.507 e. The Kier molecular flexibility index (Phi) is 5.46. The van der Waals surface area contributed by atoms with Gasteiger partial charge >= 0.3 is 0 Å². The maximum absolute atomic E-state index is 13.5. The lowest BCUT2D eigenvalue weighted by atomic mass is 9.96. The van der Waals surface area contributed by atoms with Crippen molar-refractivity contribution in [3.63, 3.8) is 0 Å². The lowest BCUT2D eigenvalue weighted by Gasteiger charge is -2.25. The highest BCUT2D eigenvalue weighted by Crippen LogP contribution is 2.46. The van der Waals surface area contributed by atoms with E-state index in [0.717, 1.165) is 26.8 Å². The van der Waals surface area contributed by atoms with E-state index in [2.05, 4.69) is 0 Å². The molecule has 5 rings (SSSR count). The zero-order chi connectivity index (χ0) is 24.0. The Labute approximate surface area is 201 Å². The second-order valence-corrected chi connectivity index (χ2v) is 9.32. The number of hydrogen-bond donors (Lipinski definition) is 1. The van der Waals surface area contributed by atoms with Crippen LogP contribution in [0, 0.1) is 13.8 Å². The first-order valence-corrected chi connectivity index (χ1v) is 11.8. The van der Waals surface area contributed by atoms with Crippen molar-refractivity contribution in [2.45, 2.75) is 19.9 Å². The van der Waals surface area contributed by atoms with Gasteiger partial charge in [0.25, 0.3) is 11.7 Å². The fraction of sp³-hybridized carbons (Fsp3) is 0.143. The van der Waals surface area contributed by atoms with Crippen LogP contribution in [0.3, 0.4) is 0 Å². The number of aryl methyl sites for hydroxylation is 2. The summed E-state index contributed by atoms with van der Waals surface area (Å²) in [5.41, 5.74) is 2.84. The number of Topliss-reactive ketones (excluding diaryl/α,β-unsaturated/α-hetero) is 1. The van der Waals surface area contributed by atoms with E-state index < -0.39 is 17.7 Å². The van der Waals surface area contributed by atoms with E-state index in [1.807, 2.05) is 79.9 Å². The van der Waals surface area contributed by atoms with Crippen LogP contribution >= 0.6 is 11.3 Å². The largest absolute Gasteiger partial charge is 0.507 e. The molecule has 1 unspecified atom stereocenters. The number of ether oxygens (including phenoxy) is 1. The fourth-order valence-electron chi connectivity index (χ4n) is 4.76. The molecule has 5 nitrogen and oxygen atoms in total. The van der Waals surface area contributed by atoms with Gasteiger partial charge in [-0.25, -0.2) is 0 Å². The number of fused-ring (bicyclic) bond motifs is 1. The Balaban J connectivity index is 1.80. The van der Waals surface area contributed by atoms with Crippen molar-refractivity contribution in [2.24, 2.45) is 0 Å². The smallest absolute Gasteiger partial charge is 0.300 e. The summed E-state index contributed by atoms with van der Waals surface area (Å²) in [6.07, 6.45) is 0. The third-order valence-corrected chi connectivity index (χ3v) is 7.09. The van der Waals surface area contributed by atoms with E-state index in [4.69, 9.17) is 4.74 Å². The zero-order valence-electron chi connectivity index (χ0n) is 19.0. The number of methoxy groups -OCH3 is 1. The number of rotatable bonds is 4.